The second-order valence-electron chi connectivity index (χ2n) is 6.29. The number of morpholine rings is 1. The van der Waals surface area contributed by atoms with Crippen LogP contribution in [0.5, 0.6) is 17.2 Å². The van der Waals surface area contributed by atoms with Gasteiger partial charge in [0.1, 0.15) is 11.9 Å². The van der Waals surface area contributed by atoms with Crippen LogP contribution >= 0.6 is 0 Å². The highest BCUT2D eigenvalue weighted by Gasteiger charge is 2.28. The fourth-order valence-electron chi connectivity index (χ4n) is 3.08. The average molecular weight is 362 g/mol. The van der Waals surface area contributed by atoms with Crippen molar-refractivity contribution < 1.29 is 14.2 Å². The van der Waals surface area contributed by atoms with E-state index < -0.39 is 0 Å². The quantitative estimate of drug-likeness (QED) is 0.719. The molecule has 0 bridgehead atoms. The Balaban J connectivity index is 1.61. The first-order chi connectivity index (χ1) is 13.4. The summed E-state index contributed by atoms with van der Waals surface area (Å²) in [6.07, 6.45) is 3.09. The van der Waals surface area contributed by atoms with Crippen molar-refractivity contribution in [2.45, 2.75) is 12.2 Å². The minimum atomic E-state index is -0.235. The molecule has 1 aromatic heterocycles. The number of hydrogen-bond acceptors (Lipinski definition) is 5. The van der Waals surface area contributed by atoms with Crippen molar-refractivity contribution in [2.24, 2.45) is 0 Å². The van der Waals surface area contributed by atoms with Crippen LogP contribution in [0.4, 0.5) is 0 Å². The predicted octanol–water partition coefficient (Wildman–Crippen LogP) is 3.98. The number of para-hydroxylation sites is 2. The summed E-state index contributed by atoms with van der Waals surface area (Å²) in [6.45, 7) is 2.28. The molecule has 0 aliphatic carbocycles. The smallest absolute Gasteiger partial charge is 0.169 e. The van der Waals surface area contributed by atoms with Gasteiger partial charge in [0.15, 0.2) is 17.6 Å². The summed E-state index contributed by atoms with van der Waals surface area (Å²) >= 11 is 0. The number of benzene rings is 2. The SMILES string of the molecule is c1ccc(C(Oc2ccccc2Oc2ccncc2)C2CNCCO2)cc1. The molecule has 2 heterocycles. The molecule has 4 rings (SSSR count). The van der Waals surface area contributed by atoms with E-state index >= 15 is 0 Å². The molecule has 1 fully saturated rings. The van der Waals surface area contributed by atoms with E-state index in [-0.39, 0.29) is 12.2 Å². The van der Waals surface area contributed by atoms with Crippen molar-refractivity contribution in [3.8, 4) is 17.2 Å². The van der Waals surface area contributed by atoms with E-state index in [4.69, 9.17) is 14.2 Å². The van der Waals surface area contributed by atoms with Gasteiger partial charge in [-0.1, -0.05) is 42.5 Å². The normalized spacial score (nSPS) is 17.9. The molecule has 1 saturated heterocycles. The van der Waals surface area contributed by atoms with E-state index in [1.807, 2.05) is 54.6 Å². The first kappa shape index (κ1) is 17.5. The maximum atomic E-state index is 6.44. The van der Waals surface area contributed by atoms with Crippen LogP contribution in [0.3, 0.4) is 0 Å². The van der Waals surface area contributed by atoms with Crippen molar-refractivity contribution in [2.75, 3.05) is 19.7 Å². The lowest BCUT2D eigenvalue weighted by Gasteiger charge is -2.32. The van der Waals surface area contributed by atoms with Gasteiger partial charge < -0.3 is 19.5 Å². The van der Waals surface area contributed by atoms with Crippen LogP contribution in [-0.2, 0) is 4.74 Å². The van der Waals surface area contributed by atoms with Crippen LogP contribution in [0.2, 0.25) is 0 Å². The Labute approximate surface area is 158 Å². The van der Waals surface area contributed by atoms with Crippen molar-refractivity contribution in [3.05, 3.63) is 84.7 Å². The van der Waals surface area contributed by atoms with Gasteiger partial charge in [0.2, 0.25) is 0 Å². The molecule has 1 aliphatic heterocycles. The lowest BCUT2D eigenvalue weighted by molar-refractivity contribution is -0.0437. The molecule has 0 amide bonds. The number of pyridine rings is 1. The molecule has 5 nitrogen and oxygen atoms in total. The van der Waals surface area contributed by atoms with Crippen LogP contribution < -0.4 is 14.8 Å². The van der Waals surface area contributed by atoms with Crippen LogP contribution in [0.15, 0.2) is 79.1 Å². The van der Waals surface area contributed by atoms with Crippen molar-refractivity contribution in [1.29, 1.82) is 0 Å². The molecular formula is C22H22N2O3. The van der Waals surface area contributed by atoms with E-state index in [1.54, 1.807) is 12.4 Å². The monoisotopic (exact) mass is 362 g/mol. The van der Waals surface area contributed by atoms with Crippen LogP contribution in [0, 0.1) is 0 Å². The summed E-state index contributed by atoms with van der Waals surface area (Å²) in [5.41, 5.74) is 1.07. The fraction of sp³-hybridized carbons (Fsp3) is 0.227. The number of rotatable bonds is 6. The third-order valence-corrected chi connectivity index (χ3v) is 4.40. The topological polar surface area (TPSA) is 52.6 Å². The Morgan fingerprint density at radius 1 is 0.926 bits per heavy atom. The number of nitrogens with zero attached hydrogens (tertiary/aromatic N) is 1. The van der Waals surface area contributed by atoms with E-state index in [0.29, 0.717) is 23.9 Å². The molecule has 5 heteroatoms. The van der Waals surface area contributed by atoms with Gasteiger partial charge >= 0.3 is 0 Å². The minimum Gasteiger partial charge on any atom is -0.479 e. The number of aromatic nitrogens is 1. The standard InChI is InChI=1S/C22H22N2O3/c1-2-6-17(7-3-1)22(21-16-24-14-15-25-21)27-20-9-5-4-8-19(20)26-18-10-12-23-13-11-18/h1-13,21-22,24H,14-16H2. The molecule has 0 saturated carbocycles. The number of ether oxygens (including phenoxy) is 3. The van der Waals surface area contributed by atoms with Gasteiger partial charge in [0.25, 0.3) is 0 Å². The maximum Gasteiger partial charge on any atom is 0.169 e. The highest BCUT2D eigenvalue weighted by molar-refractivity contribution is 5.43. The summed E-state index contributed by atoms with van der Waals surface area (Å²) in [6, 6.07) is 21.5. The Bertz CT molecular complexity index is 836. The summed E-state index contributed by atoms with van der Waals surface area (Å²) in [5, 5.41) is 3.38. The lowest BCUT2D eigenvalue weighted by Crippen LogP contribution is -2.43. The van der Waals surface area contributed by atoms with Crippen molar-refractivity contribution in [1.82, 2.24) is 10.3 Å². The Morgan fingerprint density at radius 2 is 1.67 bits per heavy atom. The van der Waals surface area contributed by atoms with Gasteiger partial charge in [-0.2, -0.15) is 0 Å². The zero-order chi connectivity index (χ0) is 18.3. The van der Waals surface area contributed by atoms with Crippen molar-refractivity contribution in [3.63, 3.8) is 0 Å². The number of nitrogens with one attached hydrogen (secondary N) is 1. The highest BCUT2D eigenvalue weighted by atomic mass is 16.6. The van der Waals surface area contributed by atoms with Gasteiger partial charge in [0.05, 0.1) is 6.61 Å². The minimum absolute atomic E-state index is 0.0740. The molecule has 3 aromatic rings. The summed E-state index contributed by atoms with van der Waals surface area (Å²) in [4.78, 5) is 4.02. The Kier molecular flexibility index (Phi) is 5.62. The predicted molar refractivity (Wildman–Crippen MR) is 103 cm³/mol. The van der Waals surface area contributed by atoms with Gasteiger partial charge in [0, 0.05) is 25.5 Å². The molecule has 138 valence electrons. The maximum absolute atomic E-state index is 6.44. The molecule has 0 radical (unpaired) electrons. The molecule has 1 N–H and O–H groups in total. The van der Waals surface area contributed by atoms with Gasteiger partial charge in [-0.15, -0.1) is 0 Å². The van der Waals surface area contributed by atoms with Gasteiger partial charge in [-0.05, 0) is 29.8 Å². The molecule has 1 aliphatic rings. The lowest BCUT2D eigenvalue weighted by atomic mass is 10.0. The van der Waals surface area contributed by atoms with E-state index in [2.05, 4.69) is 22.4 Å². The number of hydrogen-bond donors (Lipinski definition) is 1. The first-order valence-corrected chi connectivity index (χ1v) is 9.11. The molecule has 2 aromatic carbocycles. The Morgan fingerprint density at radius 3 is 2.41 bits per heavy atom. The van der Waals surface area contributed by atoms with Gasteiger partial charge in [-0.3, -0.25) is 4.98 Å². The summed E-state index contributed by atoms with van der Waals surface area (Å²) in [5.74, 6) is 2.05. The summed E-state index contributed by atoms with van der Waals surface area (Å²) < 4.78 is 18.4. The highest BCUT2D eigenvalue weighted by Crippen LogP contribution is 2.35. The second-order valence-corrected chi connectivity index (χ2v) is 6.29. The molecule has 0 spiro atoms. The van der Waals surface area contributed by atoms with Crippen molar-refractivity contribution >= 4 is 0 Å². The van der Waals surface area contributed by atoms with Gasteiger partial charge in [-0.25, -0.2) is 0 Å². The van der Waals surface area contributed by atoms with E-state index in [0.717, 1.165) is 18.7 Å². The molecule has 2 unspecified atom stereocenters. The van der Waals surface area contributed by atoms with E-state index in [9.17, 15) is 0 Å². The zero-order valence-corrected chi connectivity index (χ0v) is 15.0. The zero-order valence-electron chi connectivity index (χ0n) is 15.0. The van der Waals surface area contributed by atoms with Crippen LogP contribution in [0.25, 0.3) is 0 Å². The Hall–Kier alpha value is -2.89. The van der Waals surface area contributed by atoms with Crippen LogP contribution in [0.1, 0.15) is 11.7 Å². The van der Waals surface area contributed by atoms with E-state index in [1.165, 1.54) is 0 Å². The summed E-state index contributed by atoms with van der Waals surface area (Å²) in [7, 11) is 0. The third-order valence-electron chi connectivity index (χ3n) is 4.40. The molecular weight excluding hydrogens is 340 g/mol. The molecule has 2 atom stereocenters. The largest absolute Gasteiger partial charge is 0.479 e. The molecule has 27 heavy (non-hydrogen) atoms. The average Bonchev–Trinajstić information content (AvgIpc) is 2.75. The second kappa shape index (κ2) is 8.66. The third kappa shape index (κ3) is 4.45. The fourth-order valence-corrected chi connectivity index (χ4v) is 3.08. The first-order valence-electron chi connectivity index (χ1n) is 9.11. The van der Waals surface area contributed by atoms with Crippen LogP contribution in [-0.4, -0.2) is 30.8 Å².